The minimum Gasteiger partial charge on any atom is -0.506 e. The molecular formula is C13H17FN4O2. The van der Waals surface area contributed by atoms with Gasteiger partial charge in [0, 0.05) is 0 Å². The van der Waals surface area contributed by atoms with Crippen LogP contribution in [-0.4, -0.2) is 30.6 Å². The van der Waals surface area contributed by atoms with E-state index >= 15 is 0 Å². The Morgan fingerprint density at radius 2 is 2.05 bits per heavy atom. The Balaban J connectivity index is 1.94. The average Bonchev–Trinajstić information content (AvgIpc) is 2.86. The number of carbonyl (C=O) groups excluding carboxylic acids is 1. The number of phenols is 1. The predicted molar refractivity (Wildman–Crippen MR) is 71.5 cm³/mol. The van der Waals surface area contributed by atoms with E-state index in [2.05, 4.69) is 16.3 Å². The zero-order valence-electron chi connectivity index (χ0n) is 10.9. The van der Waals surface area contributed by atoms with Gasteiger partial charge in [-0.2, -0.15) is 0 Å². The van der Waals surface area contributed by atoms with E-state index < -0.39 is 5.82 Å². The first kappa shape index (κ1) is 13.1. The molecule has 0 radical (unpaired) electrons. The van der Waals surface area contributed by atoms with Gasteiger partial charge in [0.15, 0.2) is 5.82 Å². The van der Waals surface area contributed by atoms with Gasteiger partial charge in [0.2, 0.25) is 0 Å². The quantitative estimate of drug-likeness (QED) is 0.629. The number of piperidine rings is 1. The fourth-order valence-corrected chi connectivity index (χ4v) is 2.76. The third-order valence-electron chi connectivity index (χ3n) is 3.81. The summed E-state index contributed by atoms with van der Waals surface area (Å²) in [5.74, 6) is -0.761. The van der Waals surface area contributed by atoms with Crippen molar-refractivity contribution < 1.29 is 14.3 Å². The van der Waals surface area contributed by atoms with Crippen LogP contribution in [0.1, 0.15) is 24.3 Å². The summed E-state index contributed by atoms with van der Waals surface area (Å²) in [5.41, 5.74) is 5.55. The summed E-state index contributed by atoms with van der Waals surface area (Å²) < 4.78 is 14.7. The van der Waals surface area contributed by atoms with Crippen molar-refractivity contribution in [1.82, 2.24) is 16.3 Å². The zero-order valence-corrected chi connectivity index (χ0v) is 10.9. The number of halogens is 1. The normalized spacial score (nSPS) is 20.2. The third-order valence-corrected chi connectivity index (χ3v) is 3.81. The maximum Gasteiger partial charge on any atom is 0.256 e. The summed E-state index contributed by atoms with van der Waals surface area (Å²) in [6.07, 6.45) is 1.73. The lowest BCUT2D eigenvalue weighted by Gasteiger charge is -2.26. The highest BCUT2D eigenvalue weighted by Gasteiger charge is 2.28. The van der Waals surface area contributed by atoms with E-state index in [1.165, 1.54) is 11.1 Å². The number of hydrogen-bond acceptors (Lipinski definition) is 5. The number of benzene rings is 1. The molecule has 0 aliphatic carbocycles. The molecule has 2 saturated heterocycles. The summed E-state index contributed by atoms with van der Waals surface area (Å²) in [4.78, 5) is 11.2. The molecule has 0 bridgehead atoms. The van der Waals surface area contributed by atoms with Crippen molar-refractivity contribution >= 4 is 11.6 Å². The molecule has 6 nitrogen and oxygen atoms in total. The van der Waals surface area contributed by atoms with Crippen LogP contribution in [-0.2, 0) is 4.79 Å². The zero-order chi connectivity index (χ0) is 14.1. The second-order valence-electron chi connectivity index (χ2n) is 5.11. The van der Waals surface area contributed by atoms with Gasteiger partial charge in [-0.25, -0.2) is 4.39 Å². The van der Waals surface area contributed by atoms with Gasteiger partial charge in [-0.3, -0.25) is 15.2 Å². The summed E-state index contributed by atoms with van der Waals surface area (Å²) in [6, 6.07) is 3.12. The number of phenolic OH excluding ortho intramolecular Hbond substituents is 1. The van der Waals surface area contributed by atoms with Gasteiger partial charge in [-0.05, 0) is 43.5 Å². The molecule has 4 N–H and O–H groups in total. The van der Waals surface area contributed by atoms with Crippen molar-refractivity contribution in [1.29, 1.82) is 0 Å². The summed E-state index contributed by atoms with van der Waals surface area (Å²) in [5, 5.41) is 14.4. The van der Waals surface area contributed by atoms with Crippen molar-refractivity contribution in [3.8, 4) is 5.75 Å². The standard InChI is InChI=1S/C13H17FN4O2/c14-12-9(8-3-5-15-6-4-8)1-2-10(19)13(12)18-7-11(20)16-17-18/h1-2,8,15,17,19H,3-7H2,(H,16,20). The second kappa shape index (κ2) is 5.26. The number of nitrogens with one attached hydrogen (secondary N) is 3. The molecule has 1 amide bonds. The molecule has 7 heteroatoms. The van der Waals surface area contributed by atoms with E-state index in [-0.39, 0.29) is 29.8 Å². The Morgan fingerprint density at radius 3 is 2.70 bits per heavy atom. The Morgan fingerprint density at radius 1 is 1.30 bits per heavy atom. The van der Waals surface area contributed by atoms with Gasteiger partial charge in [-0.1, -0.05) is 6.07 Å². The molecule has 1 aromatic rings. The van der Waals surface area contributed by atoms with Crippen molar-refractivity contribution in [2.24, 2.45) is 0 Å². The lowest BCUT2D eigenvalue weighted by Crippen LogP contribution is -2.37. The number of hydrazine groups is 2. The number of carbonyl (C=O) groups is 1. The van der Waals surface area contributed by atoms with Crippen molar-refractivity contribution in [2.45, 2.75) is 18.8 Å². The van der Waals surface area contributed by atoms with E-state index in [4.69, 9.17) is 0 Å². The van der Waals surface area contributed by atoms with E-state index in [0.29, 0.717) is 5.56 Å². The van der Waals surface area contributed by atoms with Crippen molar-refractivity contribution in [3.63, 3.8) is 0 Å². The van der Waals surface area contributed by atoms with Gasteiger partial charge in [0.25, 0.3) is 5.91 Å². The lowest BCUT2D eigenvalue weighted by atomic mass is 9.89. The van der Waals surface area contributed by atoms with Gasteiger partial charge >= 0.3 is 0 Å². The molecule has 0 spiro atoms. The SMILES string of the molecule is O=C1CN(c2c(O)ccc(C3CCNCC3)c2F)NN1. The molecule has 0 unspecified atom stereocenters. The molecule has 0 saturated carbocycles. The highest BCUT2D eigenvalue weighted by atomic mass is 19.1. The smallest absolute Gasteiger partial charge is 0.256 e. The van der Waals surface area contributed by atoms with Crippen LogP contribution in [0.15, 0.2) is 12.1 Å². The molecule has 2 aliphatic rings. The largest absolute Gasteiger partial charge is 0.506 e. The number of anilines is 1. The Hall–Kier alpha value is -1.86. The number of rotatable bonds is 2. The molecule has 20 heavy (non-hydrogen) atoms. The van der Waals surface area contributed by atoms with Gasteiger partial charge in [0.05, 0.1) is 0 Å². The maximum atomic E-state index is 14.7. The van der Waals surface area contributed by atoms with Crippen LogP contribution < -0.4 is 21.3 Å². The molecule has 2 aliphatic heterocycles. The summed E-state index contributed by atoms with van der Waals surface area (Å²) in [7, 11) is 0. The topological polar surface area (TPSA) is 76.6 Å². The van der Waals surface area contributed by atoms with E-state index in [1.807, 2.05) is 0 Å². The highest BCUT2D eigenvalue weighted by Crippen LogP contribution is 2.37. The number of hydrogen-bond donors (Lipinski definition) is 4. The predicted octanol–water partition coefficient (Wildman–Crippen LogP) is 0.354. The molecule has 1 aromatic carbocycles. The Bertz CT molecular complexity index is 531. The lowest BCUT2D eigenvalue weighted by molar-refractivity contribution is -0.118. The van der Waals surface area contributed by atoms with E-state index in [0.717, 1.165) is 25.9 Å². The van der Waals surface area contributed by atoms with Gasteiger partial charge in [0.1, 0.15) is 18.0 Å². The van der Waals surface area contributed by atoms with Crippen LogP contribution in [0.3, 0.4) is 0 Å². The average molecular weight is 280 g/mol. The monoisotopic (exact) mass is 280 g/mol. The first-order valence-corrected chi connectivity index (χ1v) is 6.71. The van der Waals surface area contributed by atoms with Crippen LogP contribution in [0.5, 0.6) is 5.75 Å². The van der Waals surface area contributed by atoms with Crippen LogP contribution >= 0.6 is 0 Å². The summed E-state index contributed by atoms with van der Waals surface area (Å²) >= 11 is 0. The Kier molecular flexibility index (Phi) is 3.45. The highest BCUT2D eigenvalue weighted by molar-refractivity contribution is 5.84. The fourth-order valence-electron chi connectivity index (χ4n) is 2.76. The maximum absolute atomic E-state index is 14.7. The van der Waals surface area contributed by atoms with Crippen molar-refractivity contribution in [2.75, 3.05) is 24.6 Å². The molecule has 0 atom stereocenters. The first-order chi connectivity index (χ1) is 9.66. The van der Waals surface area contributed by atoms with Crippen LogP contribution in [0.2, 0.25) is 0 Å². The molecule has 3 rings (SSSR count). The van der Waals surface area contributed by atoms with Crippen LogP contribution in [0.4, 0.5) is 10.1 Å². The van der Waals surface area contributed by atoms with Gasteiger partial charge in [-0.15, -0.1) is 5.53 Å². The molecule has 108 valence electrons. The van der Waals surface area contributed by atoms with E-state index in [1.54, 1.807) is 6.07 Å². The van der Waals surface area contributed by atoms with Gasteiger partial charge < -0.3 is 10.4 Å². The molecule has 2 fully saturated rings. The first-order valence-electron chi connectivity index (χ1n) is 6.71. The second-order valence-corrected chi connectivity index (χ2v) is 5.11. The van der Waals surface area contributed by atoms with Crippen LogP contribution in [0, 0.1) is 5.82 Å². The molecule has 0 aromatic heterocycles. The molecule has 2 heterocycles. The van der Waals surface area contributed by atoms with Crippen molar-refractivity contribution in [3.05, 3.63) is 23.5 Å². The van der Waals surface area contributed by atoms with E-state index in [9.17, 15) is 14.3 Å². The minimum atomic E-state index is -0.457. The van der Waals surface area contributed by atoms with Crippen LogP contribution in [0.25, 0.3) is 0 Å². The third kappa shape index (κ3) is 2.30. The number of aromatic hydroxyl groups is 1. The summed E-state index contributed by atoms with van der Waals surface area (Å²) in [6.45, 7) is 1.70. The Labute approximate surface area is 115 Å². The molecular weight excluding hydrogens is 263 g/mol. The minimum absolute atomic E-state index is 0.0272. The number of nitrogens with zero attached hydrogens (tertiary/aromatic N) is 1. The number of amides is 1. The fraction of sp³-hybridized carbons (Fsp3) is 0.462.